The zero-order valence-electron chi connectivity index (χ0n) is 18.1. The molecule has 6 nitrogen and oxygen atoms in total. The number of H-pyrrole nitrogens is 1. The number of amides is 2. The van der Waals surface area contributed by atoms with Crippen molar-refractivity contribution in [1.29, 1.82) is 0 Å². The van der Waals surface area contributed by atoms with Gasteiger partial charge in [-0.05, 0) is 55.2 Å². The maximum atomic E-state index is 13.1. The summed E-state index contributed by atoms with van der Waals surface area (Å²) in [4.78, 5) is 30.5. The molecule has 0 aliphatic carbocycles. The monoisotopic (exact) mass is 419 g/mol. The zero-order chi connectivity index (χ0) is 21.8. The Kier molecular flexibility index (Phi) is 6.26. The van der Waals surface area contributed by atoms with Crippen LogP contribution < -0.4 is 5.32 Å². The Bertz CT molecular complexity index is 1070. The van der Waals surface area contributed by atoms with Crippen molar-refractivity contribution >= 4 is 28.6 Å². The van der Waals surface area contributed by atoms with Gasteiger partial charge in [-0.2, -0.15) is 0 Å². The molecule has 2 amide bonds. The van der Waals surface area contributed by atoms with Crippen LogP contribution in [0.2, 0.25) is 0 Å². The highest BCUT2D eigenvalue weighted by Gasteiger charge is 2.32. The molecule has 1 aliphatic rings. The van der Waals surface area contributed by atoms with E-state index in [1.807, 2.05) is 11.0 Å². The van der Waals surface area contributed by atoms with Crippen molar-refractivity contribution in [2.75, 3.05) is 18.5 Å². The zero-order valence-corrected chi connectivity index (χ0v) is 18.1. The maximum Gasteiger partial charge on any atom is 0.338 e. The first kappa shape index (κ1) is 21.0. The number of benzene rings is 2. The standard InChI is InChI=1S/C25H29N3O3/c1-3-5-16-31-24(29)17-10-12-18(13-11-17)26-25(30)28-15-14-20-19-8-6-7-9-21(19)27-23(20)22(28)4-2/h6-13,22,27H,3-5,14-16H2,1-2H3,(H,26,30). The van der Waals surface area contributed by atoms with Gasteiger partial charge in [0.25, 0.3) is 0 Å². The van der Waals surface area contributed by atoms with Gasteiger partial charge in [-0.15, -0.1) is 0 Å². The fourth-order valence-electron chi connectivity index (χ4n) is 4.26. The van der Waals surface area contributed by atoms with Crippen molar-refractivity contribution in [3.63, 3.8) is 0 Å². The van der Waals surface area contributed by atoms with E-state index in [9.17, 15) is 9.59 Å². The molecule has 1 atom stereocenters. The molecule has 1 aliphatic heterocycles. The highest BCUT2D eigenvalue weighted by molar-refractivity contribution is 5.93. The fourth-order valence-corrected chi connectivity index (χ4v) is 4.26. The first-order chi connectivity index (χ1) is 15.1. The van der Waals surface area contributed by atoms with Gasteiger partial charge >= 0.3 is 12.0 Å². The van der Waals surface area contributed by atoms with Crippen molar-refractivity contribution in [3.05, 3.63) is 65.4 Å². The third-order valence-electron chi connectivity index (χ3n) is 5.91. The average Bonchev–Trinajstić information content (AvgIpc) is 3.17. The summed E-state index contributed by atoms with van der Waals surface area (Å²) in [6.07, 6.45) is 3.49. The molecule has 3 aromatic rings. The Labute approximate surface area is 182 Å². The van der Waals surface area contributed by atoms with Crippen LogP contribution in [0.3, 0.4) is 0 Å². The quantitative estimate of drug-likeness (QED) is 0.399. The molecule has 2 aromatic carbocycles. The van der Waals surface area contributed by atoms with Gasteiger partial charge in [-0.1, -0.05) is 38.5 Å². The Morgan fingerprint density at radius 2 is 1.90 bits per heavy atom. The van der Waals surface area contributed by atoms with Gasteiger partial charge in [0.1, 0.15) is 0 Å². The minimum atomic E-state index is -0.334. The van der Waals surface area contributed by atoms with E-state index < -0.39 is 0 Å². The van der Waals surface area contributed by atoms with Crippen LogP contribution in [-0.2, 0) is 11.2 Å². The lowest BCUT2D eigenvalue weighted by molar-refractivity contribution is 0.0500. The van der Waals surface area contributed by atoms with E-state index in [-0.39, 0.29) is 18.0 Å². The molecule has 1 unspecified atom stereocenters. The number of para-hydroxylation sites is 1. The molecule has 0 spiro atoms. The predicted octanol–water partition coefficient (Wildman–Crippen LogP) is 5.67. The van der Waals surface area contributed by atoms with Crippen molar-refractivity contribution in [3.8, 4) is 0 Å². The van der Waals surface area contributed by atoms with Gasteiger partial charge in [0.2, 0.25) is 0 Å². The number of nitrogens with zero attached hydrogens (tertiary/aromatic N) is 1. The Hall–Kier alpha value is -3.28. The van der Waals surface area contributed by atoms with Gasteiger partial charge in [-0.25, -0.2) is 9.59 Å². The number of rotatable bonds is 6. The van der Waals surface area contributed by atoms with Crippen molar-refractivity contribution in [1.82, 2.24) is 9.88 Å². The highest BCUT2D eigenvalue weighted by atomic mass is 16.5. The lowest BCUT2D eigenvalue weighted by Crippen LogP contribution is -2.42. The number of urea groups is 1. The van der Waals surface area contributed by atoms with Gasteiger partial charge in [-0.3, -0.25) is 0 Å². The molecule has 1 aromatic heterocycles. The molecule has 0 saturated carbocycles. The number of carbonyl (C=O) groups excluding carboxylic acids is 2. The summed E-state index contributed by atoms with van der Waals surface area (Å²) in [6.45, 7) is 5.25. The topological polar surface area (TPSA) is 74.4 Å². The molecule has 162 valence electrons. The molecule has 0 bridgehead atoms. The van der Waals surface area contributed by atoms with Gasteiger partial charge in [0, 0.05) is 28.8 Å². The van der Waals surface area contributed by atoms with Crippen molar-refractivity contribution in [2.45, 2.75) is 45.6 Å². The van der Waals surface area contributed by atoms with Crippen molar-refractivity contribution < 1.29 is 14.3 Å². The third kappa shape index (κ3) is 4.29. The van der Waals surface area contributed by atoms with E-state index in [1.165, 1.54) is 10.9 Å². The van der Waals surface area contributed by atoms with Gasteiger partial charge in [0.15, 0.2) is 0 Å². The van der Waals surface area contributed by atoms with E-state index in [4.69, 9.17) is 4.74 Å². The third-order valence-corrected chi connectivity index (χ3v) is 5.91. The molecule has 6 heteroatoms. The summed E-state index contributed by atoms with van der Waals surface area (Å²) in [5, 5.41) is 4.23. The molecule has 0 fully saturated rings. The molecular weight excluding hydrogens is 390 g/mol. The van der Waals surface area contributed by atoms with Crippen LogP contribution in [0, 0.1) is 0 Å². The number of nitrogens with one attached hydrogen (secondary N) is 2. The number of ether oxygens (including phenoxy) is 1. The van der Waals surface area contributed by atoms with E-state index in [0.717, 1.165) is 36.9 Å². The molecule has 31 heavy (non-hydrogen) atoms. The molecule has 0 saturated heterocycles. The fraction of sp³-hybridized carbons (Fsp3) is 0.360. The lowest BCUT2D eigenvalue weighted by Gasteiger charge is -2.35. The molecule has 2 N–H and O–H groups in total. The molecule has 4 rings (SSSR count). The van der Waals surface area contributed by atoms with E-state index in [2.05, 4.69) is 42.3 Å². The smallest absolute Gasteiger partial charge is 0.338 e. The van der Waals surface area contributed by atoms with Crippen LogP contribution in [0.4, 0.5) is 10.5 Å². The van der Waals surface area contributed by atoms with Crippen LogP contribution in [-0.4, -0.2) is 35.0 Å². The number of unbranched alkanes of at least 4 members (excludes halogenated alkanes) is 1. The summed E-state index contributed by atoms with van der Waals surface area (Å²) in [6, 6.07) is 15.0. The van der Waals surface area contributed by atoms with Crippen LogP contribution in [0.25, 0.3) is 10.9 Å². The summed E-state index contributed by atoms with van der Waals surface area (Å²) in [7, 11) is 0. The Balaban J connectivity index is 1.45. The minimum Gasteiger partial charge on any atom is -0.462 e. The van der Waals surface area contributed by atoms with E-state index in [1.54, 1.807) is 24.3 Å². The number of hydrogen-bond donors (Lipinski definition) is 2. The summed E-state index contributed by atoms with van der Waals surface area (Å²) < 4.78 is 5.23. The lowest BCUT2D eigenvalue weighted by atomic mass is 9.96. The van der Waals surface area contributed by atoms with E-state index >= 15 is 0 Å². The van der Waals surface area contributed by atoms with Crippen LogP contribution in [0.5, 0.6) is 0 Å². The maximum absolute atomic E-state index is 13.1. The highest BCUT2D eigenvalue weighted by Crippen LogP contribution is 2.36. The first-order valence-electron chi connectivity index (χ1n) is 11.1. The second-order valence-corrected chi connectivity index (χ2v) is 7.93. The summed E-state index contributed by atoms with van der Waals surface area (Å²) in [5.41, 5.74) is 4.72. The van der Waals surface area contributed by atoms with Crippen LogP contribution in [0.1, 0.15) is 60.8 Å². The first-order valence-corrected chi connectivity index (χ1v) is 11.1. The summed E-state index contributed by atoms with van der Waals surface area (Å²) >= 11 is 0. The second kappa shape index (κ2) is 9.25. The number of hydrogen-bond acceptors (Lipinski definition) is 3. The number of fused-ring (bicyclic) bond motifs is 3. The Morgan fingerprint density at radius 3 is 2.65 bits per heavy atom. The largest absolute Gasteiger partial charge is 0.462 e. The number of anilines is 1. The normalized spacial score (nSPS) is 15.5. The van der Waals surface area contributed by atoms with E-state index in [0.29, 0.717) is 24.4 Å². The summed E-state index contributed by atoms with van der Waals surface area (Å²) in [5.74, 6) is -0.334. The number of aromatic amines is 1. The molecule has 2 heterocycles. The van der Waals surface area contributed by atoms with Crippen LogP contribution >= 0.6 is 0 Å². The van der Waals surface area contributed by atoms with Gasteiger partial charge in [0.05, 0.1) is 18.2 Å². The number of esters is 1. The average molecular weight is 420 g/mol. The number of carbonyl (C=O) groups is 2. The van der Waals surface area contributed by atoms with Crippen molar-refractivity contribution in [2.24, 2.45) is 0 Å². The minimum absolute atomic E-state index is 0.00367. The molecule has 0 radical (unpaired) electrons. The second-order valence-electron chi connectivity index (χ2n) is 7.93. The molecular formula is C25H29N3O3. The van der Waals surface area contributed by atoms with Gasteiger partial charge < -0.3 is 19.9 Å². The van der Waals surface area contributed by atoms with Crippen LogP contribution in [0.15, 0.2) is 48.5 Å². The Morgan fingerprint density at radius 1 is 1.13 bits per heavy atom. The number of aromatic nitrogens is 1. The SMILES string of the molecule is CCCCOC(=O)c1ccc(NC(=O)N2CCc3c([nH]c4ccccc34)C2CC)cc1. The predicted molar refractivity (Wildman–Crippen MR) is 122 cm³/mol.